The van der Waals surface area contributed by atoms with Crippen LogP contribution in [0.4, 0.5) is 0 Å². The number of nitrogens with one attached hydrogen (secondary N) is 1. The van der Waals surface area contributed by atoms with E-state index in [1.54, 1.807) is 11.0 Å². The number of H-pyrrole nitrogens is 1. The van der Waals surface area contributed by atoms with Gasteiger partial charge in [0.25, 0.3) is 5.91 Å². The van der Waals surface area contributed by atoms with E-state index in [-0.39, 0.29) is 19.1 Å². The Morgan fingerprint density at radius 1 is 1.19 bits per heavy atom. The van der Waals surface area contributed by atoms with Crippen LogP contribution in [0.15, 0.2) is 36.4 Å². The second kappa shape index (κ2) is 7.52. The van der Waals surface area contributed by atoms with Crippen LogP contribution in [0.2, 0.25) is 5.02 Å². The number of aliphatic hydroxyl groups is 1. The topological polar surface area (TPSA) is 56.3 Å². The Morgan fingerprint density at radius 3 is 2.62 bits per heavy atom. The molecule has 5 heteroatoms. The van der Waals surface area contributed by atoms with E-state index >= 15 is 0 Å². The lowest BCUT2D eigenvalue weighted by molar-refractivity contribution is 0.0702. The number of aryl methyl sites for hydroxylation is 3. The molecule has 0 aliphatic heterocycles. The van der Waals surface area contributed by atoms with Gasteiger partial charge in [-0.25, -0.2) is 0 Å². The SMILES string of the molecule is Cc1cc(C)c2[nH]c(C(=O)N(CCO)Cc3ccccc3Cl)c(C)c2c1. The average molecular weight is 371 g/mol. The molecule has 1 amide bonds. The molecular weight excluding hydrogens is 348 g/mol. The number of aliphatic hydroxyl groups excluding tert-OH is 1. The maximum atomic E-state index is 13.2. The van der Waals surface area contributed by atoms with Crippen molar-refractivity contribution in [1.29, 1.82) is 0 Å². The number of hydrogen-bond acceptors (Lipinski definition) is 2. The van der Waals surface area contributed by atoms with E-state index in [0.29, 0.717) is 17.3 Å². The van der Waals surface area contributed by atoms with E-state index < -0.39 is 0 Å². The van der Waals surface area contributed by atoms with Gasteiger partial charge in [0.05, 0.1) is 6.61 Å². The molecule has 0 atom stereocenters. The number of carbonyl (C=O) groups excluding carboxylic acids is 1. The second-order valence-electron chi connectivity index (χ2n) is 6.67. The molecule has 0 saturated carbocycles. The summed E-state index contributed by atoms with van der Waals surface area (Å²) in [5, 5.41) is 11.1. The zero-order valence-electron chi connectivity index (χ0n) is 15.3. The van der Waals surface area contributed by atoms with Crippen LogP contribution in [0.3, 0.4) is 0 Å². The van der Waals surface area contributed by atoms with Gasteiger partial charge in [0, 0.05) is 29.0 Å². The Kier molecular flexibility index (Phi) is 5.35. The lowest BCUT2D eigenvalue weighted by Gasteiger charge is -2.22. The molecule has 4 nitrogen and oxygen atoms in total. The number of rotatable bonds is 5. The first-order chi connectivity index (χ1) is 12.4. The summed E-state index contributed by atoms with van der Waals surface area (Å²) in [5.74, 6) is -0.135. The average Bonchev–Trinajstić information content (AvgIpc) is 2.93. The third-order valence-electron chi connectivity index (χ3n) is 4.70. The molecule has 3 rings (SSSR count). The number of carbonyl (C=O) groups is 1. The summed E-state index contributed by atoms with van der Waals surface area (Å²) in [6, 6.07) is 11.6. The van der Waals surface area contributed by atoms with E-state index in [1.807, 2.05) is 32.0 Å². The number of hydrogen-bond donors (Lipinski definition) is 2. The number of aromatic nitrogens is 1. The number of nitrogens with zero attached hydrogens (tertiary/aromatic N) is 1. The van der Waals surface area contributed by atoms with Gasteiger partial charge in [-0.3, -0.25) is 4.79 Å². The van der Waals surface area contributed by atoms with Crippen LogP contribution in [-0.2, 0) is 6.54 Å². The summed E-state index contributed by atoms with van der Waals surface area (Å²) >= 11 is 6.24. The summed E-state index contributed by atoms with van der Waals surface area (Å²) in [6.07, 6.45) is 0. The van der Waals surface area contributed by atoms with Gasteiger partial charge in [0.2, 0.25) is 0 Å². The predicted octanol–water partition coefficient (Wildman–Crippen LogP) is 4.38. The van der Waals surface area contributed by atoms with Crippen molar-refractivity contribution in [1.82, 2.24) is 9.88 Å². The van der Waals surface area contributed by atoms with Crippen LogP contribution < -0.4 is 0 Å². The van der Waals surface area contributed by atoms with Gasteiger partial charge < -0.3 is 15.0 Å². The van der Waals surface area contributed by atoms with E-state index in [2.05, 4.69) is 24.0 Å². The monoisotopic (exact) mass is 370 g/mol. The Balaban J connectivity index is 2.00. The maximum absolute atomic E-state index is 13.2. The molecule has 0 spiro atoms. The van der Waals surface area contributed by atoms with Gasteiger partial charge in [-0.1, -0.05) is 41.4 Å². The summed E-state index contributed by atoms with van der Waals surface area (Å²) in [6.45, 7) is 6.54. The summed E-state index contributed by atoms with van der Waals surface area (Å²) in [7, 11) is 0. The number of benzene rings is 2. The van der Waals surface area contributed by atoms with Gasteiger partial charge >= 0.3 is 0 Å². The molecule has 1 heterocycles. The number of halogens is 1. The lowest BCUT2D eigenvalue weighted by Crippen LogP contribution is -2.33. The molecule has 0 fully saturated rings. The molecule has 2 N–H and O–H groups in total. The van der Waals surface area contributed by atoms with E-state index in [4.69, 9.17) is 11.6 Å². The summed E-state index contributed by atoms with van der Waals surface area (Å²) in [5.41, 5.74) is 5.62. The van der Waals surface area contributed by atoms with Crippen molar-refractivity contribution in [2.24, 2.45) is 0 Å². The normalized spacial score (nSPS) is 11.1. The molecule has 0 aliphatic carbocycles. The number of fused-ring (bicyclic) bond motifs is 1. The molecule has 0 saturated heterocycles. The Labute approximate surface area is 158 Å². The highest BCUT2D eigenvalue weighted by atomic mass is 35.5. The minimum Gasteiger partial charge on any atom is -0.395 e. The Morgan fingerprint density at radius 2 is 1.92 bits per heavy atom. The van der Waals surface area contributed by atoms with Crippen molar-refractivity contribution >= 4 is 28.4 Å². The summed E-state index contributed by atoms with van der Waals surface area (Å²) in [4.78, 5) is 18.1. The third kappa shape index (κ3) is 3.48. The first-order valence-corrected chi connectivity index (χ1v) is 9.03. The molecule has 1 aromatic heterocycles. The van der Waals surface area contributed by atoms with Crippen molar-refractivity contribution in [3.63, 3.8) is 0 Å². The molecule has 0 unspecified atom stereocenters. The van der Waals surface area contributed by atoms with Gasteiger partial charge in [-0.15, -0.1) is 0 Å². The van der Waals surface area contributed by atoms with Crippen LogP contribution in [0, 0.1) is 20.8 Å². The third-order valence-corrected chi connectivity index (χ3v) is 5.07. The van der Waals surface area contributed by atoms with E-state index in [9.17, 15) is 9.90 Å². The quantitative estimate of drug-likeness (QED) is 0.700. The van der Waals surface area contributed by atoms with E-state index in [0.717, 1.165) is 27.6 Å². The second-order valence-corrected chi connectivity index (χ2v) is 7.08. The standard InChI is InChI=1S/C21H23ClN2O2/c1-13-10-14(2)19-17(11-13)15(3)20(23-19)21(26)24(8-9-25)12-16-6-4-5-7-18(16)22/h4-7,10-11,23,25H,8-9,12H2,1-3H3. The highest BCUT2D eigenvalue weighted by Crippen LogP contribution is 2.27. The van der Waals surface area contributed by atoms with Crippen molar-refractivity contribution in [3.05, 3.63) is 69.4 Å². The minimum absolute atomic E-state index is 0.104. The van der Waals surface area contributed by atoms with Gasteiger partial charge in [-0.2, -0.15) is 0 Å². The minimum atomic E-state index is -0.135. The highest BCUT2D eigenvalue weighted by Gasteiger charge is 2.22. The zero-order chi connectivity index (χ0) is 18.8. The van der Waals surface area contributed by atoms with Crippen LogP contribution in [0.5, 0.6) is 0 Å². The first kappa shape index (κ1) is 18.5. The van der Waals surface area contributed by atoms with Crippen LogP contribution in [0.1, 0.15) is 32.7 Å². The van der Waals surface area contributed by atoms with Gasteiger partial charge in [-0.05, 0) is 49.6 Å². The molecule has 0 bridgehead atoms. The Hall–Kier alpha value is -2.30. The Bertz CT molecular complexity index is 962. The van der Waals surface area contributed by atoms with Crippen LogP contribution in [0.25, 0.3) is 10.9 Å². The van der Waals surface area contributed by atoms with Crippen molar-refractivity contribution in [2.75, 3.05) is 13.2 Å². The fourth-order valence-electron chi connectivity index (χ4n) is 3.36. The fraction of sp³-hybridized carbons (Fsp3) is 0.286. The fourth-order valence-corrected chi connectivity index (χ4v) is 3.56. The van der Waals surface area contributed by atoms with Crippen molar-refractivity contribution in [3.8, 4) is 0 Å². The largest absolute Gasteiger partial charge is 0.395 e. The molecule has 136 valence electrons. The molecule has 0 aliphatic rings. The summed E-state index contributed by atoms with van der Waals surface area (Å²) < 4.78 is 0. The van der Waals surface area contributed by atoms with Crippen LogP contribution in [-0.4, -0.2) is 34.0 Å². The van der Waals surface area contributed by atoms with E-state index in [1.165, 1.54) is 5.56 Å². The molecular formula is C21H23ClN2O2. The predicted molar refractivity (Wildman–Crippen MR) is 106 cm³/mol. The van der Waals surface area contributed by atoms with Gasteiger partial charge in [0.1, 0.15) is 5.69 Å². The molecule has 3 aromatic rings. The smallest absolute Gasteiger partial charge is 0.270 e. The van der Waals surface area contributed by atoms with Crippen molar-refractivity contribution in [2.45, 2.75) is 27.3 Å². The highest BCUT2D eigenvalue weighted by molar-refractivity contribution is 6.31. The van der Waals surface area contributed by atoms with Crippen molar-refractivity contribution < 1.29 is 9.90 Å². The lowest BCUT2D eigenvalue weighted by atomic mass is 10.1. The van der Waals surface area contributed by atoms with Crippen LogP contribution >= 0.6 is 11.6 Å². The molecule has 26 heavy (non-hydrogen) atoms. The zero-order valence-corrected chi connectivity index (χ0v) is 16.0. The number of aromatic amines is 1. The first-order valence-electron chi connectivity index (χ1n) is 8.65. The molecule has 0 radical (unpaired) electrons. The number of amides is 1. The maximum Gasteiger partial charge on any atom is 0.270 e. The molecule has 2 aromatic carbocycles. The van der Waals surface area contributed by atoms with Gasteiger partial charge in [0.15, 0.2) is 0 Å².